The van der Waals surface area contributed by atoms with Gasteiger partial charge in [0.05, 0.1) is 18.2 Å². The van der Waals surface area contributed by atoms with Crippen molar-refractivity contribution in [2.24, 2.45) is 0 Å². The number of likely N-dealkylation sites (tertiary alicyclic amines) is 1. The second-order valence-corrected chi connectivity index (χ2v) is 10.2. The fourth-order valence-electron chi connectivity index (χ4n) is 4.68. The van der Waals surface area contributed by atoms with Gasteiger partial charge in [0.25, 0.3) is 11.7 Å². The monoisotopic (exact) mass is 492 g/mol. The van der Waals surface area contributed by atoms with E-state index in [9.17, 15) is 14.7 Å². The molecule has 0 aliphatic carbocycles. The molecule has 0 radical (unpaired) electrons. The summed E-state index contributed by atoms with van der Waals surface area (Å²) in [5.74, 6) is -0.795. The minimum Gasteiger partial charge on any atom is -0.507 e. The van der Waals surface area contributed by atoms with Crippen LogP contribution in [0, 0.1) is 0 Å². The first kappa shape index (κ1) is 27.5. The van der Waals surface area contributed by atoms with Gasteiger partial charge in [-0.15, -0.1) is 0 Å². The number of ketones is 1. The van der Waals surface area contributed by atoms with Gasteiger partial charge < -0.3 is 19.6 Å². The first-order chi connectivity index (χ1) is 17.1. The summed E-state index contributed by atoms with van der Waals surface area (Å²) in [5, 5.41) is 11.3. The maximum absolute atomic E-state index is 13.3. The molecule has 1 N–H and O–H groups in total. The molecule has 1 aliphatic heterocycles. The molecule has 0 saturated carbocycles. The number of benzene rings is 2. The van der Waals surface area contributed by atoms with Crippen LogP contribution in [0.1, 0.15) is 70.7 Å². The molecule has 1 atom stereocenters. The van der Waals surface area contributed by atoms with Crippen molar-refractivity contribution >= 4 is 17.4 Å². The molecule has 1 fully saturated rings. The van der Waals surface area contributed by atoms with Gasteiger partial charge in [0.15, 0.2) is 0 Å². The van der Waals surface area contributed by atoms with Gasteiger partial charge in [-0.25, -0.2) is 0 Å². The predicted molar refractivity (Wildman–Crippen MR) is 144 cm³/mol. The van der Waals surface area contributed by atoms with Crippen LogP contribution in [0.3, 0.4) is 0 Å². The van der Waals surface area contributed by atoms with Gasteiger partial charge in [-0.3, -0.25) is 9.59 Å². The number of hydrogen-bond acceptors (Lipinski definition) is 5. The lowest BCUT2D eigenvalue weighted by atomic mass is 9.85. The van der Waals surface area contributed by atoms with Crippen LogP contribution in [0.5, 0.6) is 5.75 Å². The predicted octanol–water partition coefficient (Wildman–Crippen LogP) is 5.54. The number of Topliss-reactive ketones (excluding diaryl/α,β-unsaturated/α-hetero) is 1. The molecule has 3 rings (SSSR count). The van der Waals surface area contributed by atoms with Crippen molar-refractivity contribution in [1.82, 2.24) is 9.80 Å². The molecule has 36 heavy (non-hydrogen) atoms. The average molecular weight is 493 g/mol. The highest BCUT2D eigenvalue weighted by molar-refractivity contribution is 6.46. The number of carbonyl (C=O) groups is 2. The summed E-state index contributed by atoms with van der Waals surface area (Å²) >= 11 is 0. The van der Waals surface area contributed by atoms with Crippen LogP contribution in [-0.2, 0) is 15.0 Å². The van der Waals surface area contributed by atoms with E-state index in [1.807, 2.05) is 31.2 Å². The van der Waals surface area contributed by atoms with E-state index in [0.717, 1.165) is 37.2 Å². The third kappa shape index (κ3) is 5.98. The second kappa shape index (κ2) is 11.7. The van der Waals surface area contributed by atoms with E-state index in [4.69, 9.17) is 4.74 Å². The number of carbonyl (C=O) groups excluding carboxylic acids is 2. The lowest BCUT2D eigenvalue weighted by molar-refractivity contribution is -0.140. The Labute approximate surface area is 215 Å². The normalized spacial score (nSPS) is 17.8. The number of amides is 1. The molecule has 1 amide bonds. The molecule has 1 aliphatic rings. The number of aliphatic hydroxyl groups excluding tert-OH is 1. The van der Waals surface area contributed by atoms with Crippen LogP contribution in [0.4, 0.5) is 0 Å². The number of aliphatic hydroxyl groups is 1. The van der Waals surface area contributed by atoms with Crippen LogP contribution in [-0.4, -0.2) is 59.4 Å². The lowest BCUT2D eigenvalue weighted by Crippen LogP contribution is -2.33. The van der Waals surface area contributed by atoms with Crippen LogP contribution in [0.25, 0.3) is 5.76 Å². The molecule has 6 nitrogen and oxygen atoms in total. The summed E-state index contributed by atoms with van der Waals surface area (Å²) in [7, 11) is 0. The van der Waals surface area contributed by atoms with E-state index in [-0.39, 0.29) is 16.7 Å². The number of nitrogens with zero attached hydrogens (tertiary/aromatic N) is 2. The molecule has 6 heteroatoms. The Hall–Kier alpha value is -3.12. The van der Waals surface area contributed by atoms with Crippen molar-refractivity contribution in [2.45, 2.75) is 59.4 Å². The SMILES string of the molecule is CCOc1cccc(/C(O)=C2\C(=O)C(=O)N(CCCN(CC)CC)C2c2ccc(C(C)(C)C)cc2)c1. The van der Waals surface area contributed by atoms with Crippen molar-refractivity contribution in [1.29, 1.82) is 0 Å². The maximum atomic E-state index is 13.3. The molecule has 2 aromatic rings. The minimum absolute atomic E-state index is 0.0240. The molecule has 194 valence electrons. The van der Waals surface area contributed by atoms with Crippen LogP contribution in [0.15, 0.2) is 54.1 Å². The van der Waals surface area contributed by atoms with Crippen molar-refractivity contribution in [3.63, 3.8) is 0 Å². The fraction of sp³-hybridized carbons (Fsp3) is 0.467. The summed E-state index contributed by atoms with van der Waals surface area (Å²) in [6.45, 7) is 16.2. The smallest absolute Gasteiger partial charge is 0.295 e. The van der Waals surface area contributed by atoms with E-state index in [0.29, 0.717) is 24.5 Å². The summed E-state index contributed by atoms with van der Waals surface area (Å²) < 4.78 is 5.58. The second-order valence-electron chi connectivity index (χ2n) is 10.2. The Morgan fingerprint density at radius 2 is 1.69 bits per heavy atom. The Bertz CT molecular complexity index is 1090. The molecule has 1 heterocycles. The zero-order valence-corrected chi connectivity index (χ0v) is 22.5. The highest BCUT2D eigenvalue weighted by Gasteiger charge is 2.45. The lowest BCUT2D eigenvalue weighted by Gasteiger charge is -2.27. The highest BCUT2D eigenvalue weighted by Crippen LogP contribution is 2.40. The van der Waals surface area contributed by atoms with E-state index < -0.39 is 17.7 Å². The maximum Gasteiger partial charge on any atom is 0.295 e. The average Bonchev–Trinajstić information content (AvgIpc) is 3.11. The van der Waals surface area contributed by atoms with Crippen LogP contribution in [0.2, 0.25) is 0 Å². The highest BCUT2D eigenvalue weighted by atomic mass is 16.5. The topological polar surface area (TPSA) is 70.1 Å². The Balaban J connectivity index is 2.06. The molecule has 0 bridgehead atoms. The first-order valence-corrected chi connectivity index (χ1v) is 13.0. The molecule has 0 spiro atoms. The van der Waals surface area contributed by atoms with Crippen LogP contribution < -0.4 is 4.74 Å². The Morgan fingerprint density at radius 3 is 2.28 bits per heavy atom. The summed E-state index contributed by atoms with van der Waals surface area (Å²) in [5.41, 5.74) is 2.53. The molecule has 0 aromatic heterocycles. The number of rotatable bonds is 10. The third-order valence-electron chi connectivity index (χ3n) is 6.82. The van der Waals surface area contributed by atoms with Crippen molar-refractivity contribution < 1.29 is 19.4 Å². The number of hydrogen-bond donors (Lipinski definition) is 1. The zero-order valence-electron chi connectivity index (χ0n) is 22.5. The Morgan fingerprint density at radius 1 is 1.03 bits per heavy atom. The van der Waals surface area contributed by atoms with Gasteiger partial charge in [-0.05, 0) is 61.7 Å². The standard InChI is InChI=1S/C30H40N2O4/c1-7-31(8-2)18-11-19-32-26(21-14-16-23(17-15-21)30(4,5)6)25(28(34)29(32)35)27(33)22-12-10-13-24(20-22)36-9-3/h10,12-17,20,26,33H,7-9,11,18-19H2,1-6H3/b27-25+. The summed E-state index contributed by atoms with van der Waals surface area (Å²) in [4.78, 5) is 30.5. The van der Waals surface area contributed by atoms with Crippen molar-refractivity contribution in [3.05, 3.63) is 70.8 Å². The Kier molecular flexibility index (Phi) is 8.96. The molecule has 1 saturated heterocycles. The van der Waals surface area contributed by atoms with E-state index >= 15 is 0 Å². The quantitative estimate of drug-likeness (QED) is 0.268. The fourth-order valence-corrected chi connectivity index (χ4v) is 4.68. The van der Waals surface area contributed by atoms with Crippen molar-refractivity contribution in [3.8, 4) is 5.75 Å². The third-order valence-corrected chi connectivity index (χ3v) is 6.82. The van der Waals surface area contributed by atoms with Crippen LogP contribution >= 0.6 is 0 Å². The van der Waals surface area contributed by atoms with Gasteiger partial charge in [0.2, 0.25) is 0 Å². The first-order valence-electron chi connectivity index (χ1n) is 13.0. The van der Waals surface area contributed by atoms with Gasteiger partial charge in [0, 0.05) is 12.1 Å². The number of ether oxygens (including phenoxy) is 1. The minimum atomic E-state index is -0.651. The summed E-state index contributed by atoms with van der Waals surface area (Å²) in [6.07, 6.45) is 0.741. The molecule has 1 unspecified atom stereocenters. The summed E-state index contributed by atoms with van der Waals surface area (Å²) in [6, 6.07) is 14.4. The van der Waals surface area contributed by atoms with Gasteiger partial charge in [-0.2, -0.15) is 0 Å². The largest absolute Gasteiger partial charge is 0.507 e. The van der Waals surface area contributed by atoms with Gasteiger partial charge in [0.1, 0.15) is 11.5 Å². The van der Waals surface area contributed by atoms with Crippen molar-refractivity contribution in [2.75, 3.05) is 32.8 Å². The zero-order chi connectivity index (χ0) is 26.5. The van der Waals surface area contributed by atoms with E-state index in [1.165, 1.54) is 0 Å². The van der Waals surface area contributed by atoms with Gasteiger partial charge in [-0.1, -0.05) is 71.0 Å². The molecule has 2 aromatic carbocycles. The van der Waals surface area contributed by atoms with E-state index in [1.54, 1.807) is 29.2 Å². The van der Waals surface area contributed by atoms with Gasteiger partial charge >= 0.3 is 0 Å². The molecular formula is C30H40N2O4. The van der Waals surface area contributed by atoms with E-state index in [2.05, 4.69) is 39.5 Å². The molecular weight excluding hydrogens is 452 g/mol.